The molecule has 0 aliphatic heterocycles. The monoisotopic (exact) mass is 318 g/mol. The van der Waals surface area contributed by atoms with E-state index < -0.39 is 11.6 Å². The molecule has 5 heteroatoms. The number of anilines is 2. The molecule has 2 aromatic carbocycles. The van der Waals surface area contributed by atoms with Crippen LogP contribution in [0.4, 0.5) is 20.2 Å². The van der Waals surface area contributed by atoms with Gasteiger partial charge in [-0.15, -0.1) is 0 Å². The van der Waals surface area contributed by atoms with Crippen molar-refractivity contribution in [2.45, 2.75) is 27.2 Å². The van der Waals surface area contributed by atoms with Crippen molar-refractivity contribution in [2.75, 3.05) is 17.2 Å². The van der Waals surface area contributed by atoms with E-state index >= 15 is 0 Å². The van der Waals surface area contributed by atoms with Crippen LogP contribution in [0.5, 0.6) is 0 Å². The first kappa shape index (κ1) is 16.9. The Kier molecular flexibility index (Phi) is 5.32. The number of hydrogen-bond donors (Lipinski definition) is 2. The lowest BCUT2D eigenvalue weighted by molar-refractivity contribution is -0.116. The predicted molar refractivity (Wildman–Crippen MR) is 88.7 cm³/mol. The maximum atomic E-state index is 13.5. The first-order valence-electron chi connectivity index (χ1n) is 7.44. The minimum atomic E-state index is -0.671. The van der Waals surface area contributed by atoms with Crippen LogP contribution in [0.1, 0.15) is 23.1 Å². The summed E-state index contributed by atoms with van der Waals surface area (Å²) in [5.74, 6) is -1.55. The molecular formula is C18H20F2N2O. The molecule has 0 radical (unpaired) electrons. The molecule has 0 fully saturated rings. The van der Waals surface area contributed by atoms with E-state index in [1.54, 1.807) is 0 Å². The van der Waals surface area contributed by atoms with Crippen molar-refractivity contribution in [3.05, 3.63) is 58.7 Å². The quantitative estimate of drug-likeness (QED) is 0.861. The molecule has 0 heterocycles. The third-order valence-electron chi connectivity index (χ3n) is 3.56. The van der Waals surface area contributed by atoms with Gasteiger partial charge in [0.1, 0.15) is 17.3 Å². The molecule has 0 aromatic heterocycles. The standard InChI is InChI=1S/C18H20F2N2O/c1-11-9-12(2)17(13(3)10-11)22-16(23)7-8-21-18-14(19)5-4-6-15(18)20/h4-6,9-10,21H,7-8H2,1-3H3,(H,22,23). The number of rotatable bonds is 5. The number of carbonyl (C=O) groups excluding carboxylic acids is 1. The summed E-state index contributed by atoms with van der Waals surface area (Å²) in [6.45, 7) is 6.01. The molecule has 0 unspecified atom stereocenters. The molecule has 0 aliphatic rings. The van der Waals surface area contributed by atoms with Crippen LogP contribution in [-0.4, -0.2) is 12.5 Å². The number of carbonyl (C=O) groups is 1. The van der Waals surface area contributed by atoms with E-state index in [0.717, 1.165) is 22.4 Å². The Balaban J connectivity index is 1.94. The molecule has 2 aromatic rings. The molecule has 0 saturated heterocycles. The van der Waals surface area contributed by atoms with Crippen LogP contribution < -0.4 is 10.6 Å². The van der Waals surface area contributed by atoms with Gasteiger partial charge in [0.25, 0.3) is 0 Å². The molecule has 0 spiro atoms. The average Bonchev–Trinajstić information content (AvgIpc) is 2.46. The van der Waals surface area contributed by atoms with E-state index in [-0.39, 0.29) is 24.6 Å². The van der Waals surface area contributed by atoms with Crippen molar-refractivity contribution in [2.24, 2.45) is 0 Å². The molecule has 0 saturated carbocycles. The van der Waals surface area contributed by atoms with Crippen LogP contribution in [0.2, 0.25) is 0 Å². The van der Waals surface area contributed by atoms with Crippen molar-refractivity contribution >= 4 is 17.3 Å². The Bertz CT molecular complexity index is 686. The van der Waals surface area contributed by atoms with E-state index in [2.05, 4.69) is 10.6 Å². The van der Waals surface area contributed by atoms with Gasteiger partial charge in [0, 0.05) is 18.7 Å². The lowest BCUT2D eigenvalue weighted by atomic mass is 10.1. The first-order chi connectivity index (χ1) is 10.9. The summed E-state index contributed by atoms with van der Waals surface area (Å²) in [5.41, 5.74) is 3.70. The number of halogens is 2. The summed E-state index contributed by atoms with van der Waals surface area (Å²) >= 11 is 0. The van der Waals surface area contributed by atoms with E-state index in [0.29, 0.717) is 0 Å². The molecule has 0 aliphatic carbocycles. The SMILES string of the molecule is Cc1cc(C)c(NC(=O)CCNc2c(F)cccc2F)c(C)c1. The van der Waals surface area contributed by atoms with Crippen LogP contribution in [-0.2, 0) is 4.79 Å². The number of nitrogens with one attached hydrogen (secondary N) is 2. The van der Waals surface area contributed by atoms with Gasteiger partial charge < -0.3 is 10.6 Å². The molecule has 3 nitrogen and oxygen atoms in total. The Hall–Kier alpha value is -2.43. The number of para-hydroxylation sites is 1. The Labute approximate surface area is 134 Å². The van der Waals surface area contributed by atoms with E-state index in [1.807, 2.05) is 32.9 Å². The molecule has 2 N–H and O–H groups in total. The molecule has 2 rings (SSSR count). The smallest absolute Gasteiger partial charge is 0.226 e. The summed E-state index contributed by atoms with van der Waals surface area (Å²) < 4.78 is 26.9. The molecule has 1 amide bonds. The van der Waals surface area contributed by atoms with E-state index in [9.17, 15) is 13.6 Å². The zero-order chi connectivity index (χ0) is 17.0. The van der Waals surface area contributed by atoms with Crippen LogP contribution in [0.15, 0.2) is 30.3 Å². The van der Waals surface area contributed by atoms with Gasteiger partial charge in [0.05, 0.1) is 0 Å². The topological polar surface area (TPSA) is 41.1 Å². The fourth-order valence-electron chi connectivity index (χ4n) is 2.55. The van der Waals surface area contributed by atoms with Crippen LogP contribution in [0.3, 0.4) is 0 Å². The Morgan fingerprint density at radius 1 is 1.00 bits per heavy atom. The summed E-state index contributed by atoms with van der Waals surface area (Å²) in [6, 6.07) is 7.63. The van der Waals surface area contributed by atoms with Gasteiger partial charge in [-0.05, 0) is 44.0 Å². The second-order valence-electron chi connectivity index (χ2n) is 5.60. The lowest BCUT2D eigenvalue weighted by Crippen LogP contribution is -2.18. The van der Waals surface area contributed by atoms with E-state index in [1.165, 1.54) is 18.2 Å². The van der Waals surface area contributed by atoms with Gasteiger partial charge in [0.2, 0.25) is 5.91 Å². The highest BCUT2D eigenvalue weighted by molar-refractivity contribution is 5.92. The number of benzene rings is 2. The van der Waals surface area contributed by atoms with Gasteiger partial charge in [-0.25, -0.2) is 8.78 Å². The zero-order valence-electron chi connectivity index (χ0n) is 13.5. The van der Waals surface area contributed by atoms with Gasteiger partial charge in [-0.2, -0.15) is 0 Å². The van der Waals surface area contributed by atoms with Crippen molar-refractivity contribution in [3.8, 4) is 0 Å². The maximum Gasteiger partial charge on any atom is 0.226 e. The van der Waals surface area contributed by atoms with Crippen LogP contribution in [0.25, 0.3) is 0 Å². The summed E-state index contributed by atoms with van der Waals surface area (Å²) in [4.78, 5) is 12.0. The summed E-state index contributed by atoms with van der Waals surface area (Å²) in [6.07, 6.45) is 0.112. The second-order valence-corrected chi connectivity index (χ2v) is 5.60. The zero-order valence-corrected chi connectivity index (χ0v) is 13.5. The normalized spacial score (nSPS) is 10.5. The molecule has 122 valence electrons. The Morgan fingerprint density at radius 3 is 2.13 bits per heavy atom. The van der Waals surface area contributed by atoms with Crippen molar-refractivity contribution in [3.63, 3.8) is 0 Å². The lowest BCUT2D eigenvalue weighted by Gasteiger charge is -2.13. The van der Waals surface area contributed by atoms with Gasteiger partial charge >= 0.3 is 0 Å². The minimum absolute atomic E-state index is 0.112. The summed E-state index contributed by atoms with van der Waals surface area (Å²) in [5, 5.41) is 5.48. The van der Waals surface area contributed by atoms with Crippen molar-refractivity contribution in [1.82, 2.24) is 0 Å². The highest BCUT2D eigenvalue weighted by Gasteiger charge is 2.10. The fourth-order valence-corrected chi connectivity index (χ4v) is 2.55. The fraction of sp³-hybridized carbons (Fsp3) is 0.278. The molecular weight excluding hydrogens is 298 g/mol. The van der Waals surface area contributed by atoms with Crippen molar-refractivity contribution in [1.29, 1.82) is 0 Å². The minimum Gasteiger partial charge on any atom is -0.380 e. The van der Waals surface area contributed by atoms with Gasteiger partial charge in [-0.3, -0.25) is 4.79 Å². The average molecular weight is 318 g/mol. The van der Waals surface area contributed by atoms with Gasteiger partial charge in [0.15, 0.2) is 0 Å². The number of amides is 1. The Morgan fingerprint density at radius 2 is 1.57 bits per heavy atom. The largest absolute Gasteiger partial charge is 0.380 e. The maximum absolute atomic E-state index is 13.5. The predicted octanol–water partition coefficient (Wildman–Crippen LogP) is 4.33. The van der Waals surface area contributed by atoms with E-state index in [4.69, 9.17) is 0 Å². The molecule has 0 bridgehead atoms. The first-order valence-corrected chi connectivity index (χ1v) is 7.44. The molecule has 0 atom stereocenters. The number of aryl methyl sites for hydroxylation is 3. The van der Waals surface area contributed by atoms with Crippen LogP contribution >= 0.6 is 0 Å². The third kappa shape index (κ3) is 4.28. The third-order valence-corrected chi connectivity index (χ3v) is 3.56. The van der Waals surface area contributed by atoms with Gasteiger partial charge in [-0.1, -0.05) is 23.8 Å². The van der Waals surface area contributed by atoms with Crippen LogP contribution in [0, 0.1) is 32.4 Å². The van der Waals surface area contributed by atoms with Crippen molar-refractivity contribution < 1.29 is 13.6 Å². The number of hydrogen-bond acceptors (Lipinski definition) is 2. The summed E-state index contributed by atoms with van der Waals surface area (Å²) in [7, 11) is 0. The second kappa shape index (κ2) is 7.22. The highest BCUT2D eigenvalue weighted by Crippen LogP contribution is 2.22. The molecule has 23 heavy (non-hydrogen) atoms. The highest BCUT2D eigenvalue weighted by atomic mass is 19.1.